The summed E-state index contributed by atoms with van der Waals surface area (Å²) in [6.07, 6.45) is 3.92. The third-order valence-electron chi connectivity index (χ3n) is 4.47. The van der Waals surface area contributed by atoms with E-state index < -0.39 is 0 Å². The van der Waals surface area contributed by atoms with Crippen molar-refractivity contribution in [3.05, 3.63) is 53.6 Å². The van der Waals surface area contributed by atoms with E-state index in [1.165, 1.54) is 6.07 Å². The molecule has 0 aliphatic heterocycles. The maximum absolute atomic E-state index is 13.4. The Hall–Kier alpha value is -2.37. The summed E-state index contributed by atoms with van der Waals surface area (Å²) >= 11 is 0. The number of nitrogens with one attached hydrogen (secondary N) is 2. The molecule has 1 heterocycles. The summed E-state index contributed by atoms with van der Waals surface area (Å²) in [6, 6.07) is 8.88. The van der Waals surface area contributed by atoms with Gasteiger partial charge in [-0.2, -0.15) is 5.10 Å². The lowest BCUT2D eigenvalue weighted by Crippen LogP contribution is -2.41. The van der Waals surface area contributed by atoms with E-state index in [1.807, 2.05) is 23.9 Å². The van der Waals surface area contributed by atoms with Crippen LogP contribution >= 0.6 is 0 Å². The van der Waals surface area contributed by atoms with Gasteiger partial charge in [0.25, 0.3) is 0 Å². The van der Waals surface area contributed by atoms with Crippen LogP contribution in [0.2, 0.25) is 0 Å². The van der Waals surface area contributed by atoms with E-state index >= 15 is 0 Å². The average Bonchev–Trinajstić information content (AvgIpc) is 3.24. The Morgan fingerprint density at radius 3 is 2.78 bits per heavy atom. The fraction of sp³-hybridized carbons (Fsp3) is 0.412. The van der Waals surface area contributed by atoms with Gasteiger partial charge in [0.15, 0.2) is 5.96 Å². The van der Waals surface area contributed by atoms with Gasteiger partial charge in [-0.15, -0.1) is 0 Å². The number of rotatable bonds is 5. The van der Waals surface area contributed by atoms with Crippen LogP contribution in [0.25, 0.3) is 0 Å². The molecule has 0 bridgehead atoms. The number of aryl methyl sites for hydroxylation is 1. The highest BCUT2D eigenvalue weighted by atomic mass is 19.1. The van der Waals surface area contributed by atoms with Crippen molar-refractivity contribution in [1.29, 1.82) is 0 Å². The van der Waals surface area contributed by atoms with Crippen LogP contribution in [0.5, 0.6) is 0 Å². The van der Waals surface area contributed by atoms with E-state index in [2.05, 4.69) is 20.7 Å². The number of hydrogen-bond donors (Lipinski definition) is 2. The Labute approximate surface area is 135 Å². The minimum Gasteiger partial charge on any atom is -0.356 e. The largest absolute Gasteiger partial charge is 0.356 e. The van der Waals surface area contributed by atoms with Crippen LogP contribution in [-0.4, -0.2) is 29.3 Å². The lowest BCUT2D eigenvalue weighted by atomic mass is 9.96. The zero-order chi connectivity index (χ0) is 16.3. The number of aliphatic imine (C=N–C) groups is 1. The normalized spacial score (nSPS) is 16.2. The first-order valence-corrected chi connectivity index (χ1v) is 7.80. The monoisotopic (exact) mass is 315 g/mol. The predicted octanol–water partition coefficient (Wildman–Crippen LogP) is 1.96. The SMILES string of the molecule is CN=C(NCc1ccnn1C)NCC1(c2cccc(F)c2)CC1. The third-order valence-corrected chi connectivity index (χ3v) is 4.47. The van der Waals surface area contributed by atoms with Crippen molar-refractivity contribution >= 4 is 5.96 Å². The van der Waals surface area contributed by atoms with Gasteiger partial charge in [-0.3, -0.25) is 9.67 Å². The summed E-state index contributed by atoms with van der Waals surface area (Å²) in [6.45, 7) is 1.41. The average molecular weight is 315 g/mol. The van der Waals surface area contributed by atoms with Crippen molar-refractivity contribution in [3.8, 4) is 0 Å². The number of hydrogen-bond acceptors (Lipinski definition) is 2. The lowest BCUT2D eigenvalue weighted by molar-refractivity contribution is 0.606. The molecule has 1 aromatic carbocycles. The molecule has 0 radical (unpaired) electrons. The molecule has 1 aromatic heterocycles. The van der Waals surface area contributed by atoms with Gasteiger partial charge < -0.3 is 10.6 Å². The second-order valence-electron chi connectivity index (χ2n) is 6.02. The first-order valence-electron chi connectivity index (χ1n) is 7.80. The molecule has 2 N–H and O–H groups in total. The lowest BCUT2D eigenvalue weighted by Gasteiger charge is -2.19. The van der Waals surface area contributed by atoms with E-state index in [9.17, 15) is 4.39 Å². The fourth-order valence-electron chi connectivity index (χ4n) is 2.76. The molecule has 122 valence electrons. The van der Waals surface area contributed by atoms with Crippen LogP contribution in [-0.2, 0) is 19.0 Å². The van der Waals surface area contributed by atoms with E-state index in [0.29, 0.717) is 6.54 Å². The van der Waals surface area contributed by atoms with E-state index in [-0.39, 0.29) is 11.2 Å². The molecule has 3 rings (SSSR count). The van der Waals surface area contributed by atoms with Gasteiger partial charge in [0.2, 0.25) is 0 Å². The zero-order valence-electron chi connectivity index (χ0n) is 13.5. The third kappa shape index (κ3) is 3.52. The Kier molecular flexibility index (Phi) is 4.32. The summed E-state index contributed by atoms with van der Waals surface area (Å²) in [4.78, 5) is 4.25. The van der Waals surface area contributed by atoms with Crippen LogP contribution in [0.15, 0.2) is 41.5 Å². The van der Waals surface area contributed by atoms with Crippen molar-refractivity contribution in [2.75, 3.05) is 13.6 Å². The highest BCUT2D eigenvalue weighted by Crippen LogP contribution is 2.47. The van der Waals surface area contributed by atoms with Crippen molar-refractivity contribution in [2.24, 2.45) is 12.0 Å². The maximum Gasteiger partial charge on any atom is 0.191 e. The van der Waals surface area contributed by atoms with Crippen molar-refractivity contribution in [3.63, 3.8) is 0 Å². The number of halogens is 1. The van der Waals surface area contributed by atoms with Crippen LogP contribution in [0.4, 0.5) is 4.39 Å². The molecule has 6 heteroatoms. The van der Waals surface area contributed by atoms with Crippen LogP contribution < -0.4 is 10.6 Å². The first-order chi connectivity index (χ1) is 11.1. The minimum absolute atomic E-state index is 0.0340. The molecular formula is C17H22FN5. The molecule has 1 fully saturated rings. The topological polar surface area (TPSA) is 54.2 Å². The Balaban J connectivity index is 1.57. The van der Waals surface area contributed by atoms with E-state index in [0.717, 1.165) is 36.6 Å². The Morgan fingerprint density at radius 2 is 2.17 bits per heavy atom. The molecule has 1 aliphatic carbocycles. The summed E-state index contributed by atoms with van der Waals surface area (Å²) in [5.41, 5.74) is 2.18. The van der Waals surface area contributed by atoms with Gasteiger partial charge in [0, 0.05) is 32.3 Å². The number of benzene rings is 1. The van der Waals surface area contributed by atoms with Crippen LogP contribution in [0.1, 0.15) is 24.1 Å². The van der Waals surface area contributed by atoms with Crippen LogP contribution in [0, 0.1) is 5.82 Å². The van der Waals surface area contributed by atoms with Crippen molar-refractivity contribution in [1.82, 2.24) is 20.4 Å². The van der Waals surface area contributed by atoms with Gasteiger partial charge in [-0.1, -0.05) is 12.1 Å². The van der Waals surface area contributed by atoms with Crippen LogP contribution in [0.3, 0.4) is 0 Å². The number of guanidine groups is 1. The Morgan fingerprint density at radius 1 is 1.35 bits per heavy atom. The molecule has 23 heavy (non-hydrogen) atoms. The van der Waals surface area contributed by atoms with Gasteiger partial charge in [0.1, 0.15) is 5.82 Å². The minimum atomic E-state index is -0.174. The summed E-state index contributed by atoms with van der Waals surface area (Å²) in [5, 5.41) is 10.8. The second kappa shape index (κ2) is 6.40. The zero-order valence-corrected chi connectivity index (χ0v) is 13.5. The van der Waals surface area contributed by atoms with Crippen molar-refractivity contribution in [2.45, 2.75) is 24.8 Å². The van der Waals surface area contributed by atoms with Crippen molar-refractivity contribution < 1.29 is 4.39 Å². The number of aromatic nitrogens is 2. The molecule has 1 saturated carbocycles. The summed E-state index contributed by atoms with van der Waals surface area (Å²) in [5.74, 6) is 0.571. The summed E-state index contributed by atoms with van der Waals surface area (Å²) in [7, 11) is 3.66. The smallest absolute Gasteiger partial charge is 0.191 e. The molecule has 1 aliphatic rings. The standard InChI is InChI=1S/C17H22FN5/c1-19-16(20-11-15-6-9-22-23(15)2)21-12-17(7-8-17)13-4-3-5-14(18)10-13/h3-6,9-10H,7-8,11-12H2,1-2H3,(H2,19,20,21). The molecule has 0 amide bonds. The quantitative estimate of drug-likeness (QED) is 0.655. The Bertz CT molecular complexity index is 703. The predicted molar refractivity (Wildman–Crippen MR) is 88.7 cm³/mol. The highest BCUT2D eigenvalue weighted by Gasteiger charge is 2.44. The molecule has 2 aromatic rings. The molecular weight excluding hydrogens is 293 g/mol. The fourth-order valence-corrected chi connectivity index (χ4v) is 2.76. The number of nitrogens with zero attached hydrogens (tertiary/aromatic N) is 3. The van der Waals surface area contributed by atoms with Gasteiger partial charge >= 0.3 is 0 Å². The summed E-state index contributed by atoms with van der Waals surface area (Å²) < 4.78 is 15.3. The van der Waals surface area contributed by atoms with E-state index in [4.69, 9.17) is 0 Å². The van der Waals surface area contributed by atoms with E-state index in [1.54, 1.807) is 25.4 Å². The second-order valence-corrected chi connectivity index (χ2v) is 6.02. The molecule has 5 nitrogen and oxygen atoms in total. The first kappa shape index (κ1) is 15.5. The molecule has 0 saturated heterocycles. The molecule has 0 atom stereocenters. The maximum atomic E-state index is 13.4. The molecule has 0 unspecified atom stereocenters. The highest BCUT2D eigenvalue weighted by molar-refractivity contribution is 5.79. The van der Waals surface area contributed by atoms with Gasteiger partial charge in [-0.25, -0.2) is 4.39 Å². The molecule has 0 spiro atoms. The van der Waals surface area contributed by atoms with Gasteiger partial charge in [0.05, 0.1) is 12.2 Å². The van der Waals surface area contributed by atoms with Gasteiger partial charge in [-0.05, 0) is 36.6 Å².